The number of nitrogens with one attached hydrogen (secondary N) is 1. The number of hydrogen-bond acceptors (Lipinski definition) is 6. The van der Waals surface area contributed by atoms with E-state index in [0.29, 0.717) is 48.9 Å². The fourth-order valence-corrected chi connectivity index (χ4v) is 5.37. The Morgan fingerprint density at radius 3 is 2.51 bits per heavy atom. The molecule has 0 aliphatic carbocycles. The van der Waals surface area contributed by atoms with Crippen LogP contribution >= 0.6 is 0 Å². The van der Waals surface area contributed by atoms with E-state index in [0.717, 1.165) is 31.2 Å². The quantitative estimate of drug-likeness (QED) is 0.414. The summed E-state index contributed by atoms with van der Waals surface area (Å²) in [5.41, 5.74) is 3.75. The van der Waals surface area contributed by atoms with Gasteiger partial charge in [-0.25, -0.2) is 4.79 Å². The highest BCUT2D eigenvalue weighted by molar-refractivity contribution is 6.00. The van der Waals surface area contributed by atoms with Gasteiger partial charge in [0.15, 0.2) is 5.69 Å². The van der Waals surface area contributed by atoms with Crippen molar-refractivity contribution in [3.63, 3.8) is 0 Å². The SMILES string of the molecule is CCCCN(CCCC)C(=O)c1cc2n(n1)-c1ccc(NC(=O)OC)cc1C(=O)N1Cc3ccccc3C[C@H]1CO2. The smallest absolute Gasteiger partial charge is 0.411 e. The third kappa shape index (κ3) is 5.91. The molecule has 216 valence electrons. The third-order valence-corrected chi connectivity index (χ3v) is 7.67. The Hall–Kier alpha value is -4.34. The molecule has 0 saturated heterocycles. The van der Waals surface area contributed by atoms with Crippen LogP contribution in [0.25, 0.3) is 5.69 Å². The van der Waals surface area contributed by atoms with Crippen LogP contribution in [0.5, 0.6) is 5.88 Å². The maximum atomic E-state index is 14.2. The standard InChI is InChI=1S/C31H37N5O5/c1-4-6-14-34(15-7-5-2)30(38)26-18-28-36(33-26)27-13-12-23(32-31(39)40-3)17-25(27)29(37)35-19-22-11-9-8-10-21(22)16-24(35)20-41-28/h8-13,17-18,24H,4-7,14-16,19-20H2,1-3H3,(H,32,39)/t24-/m0/s1. The highest BCUT2D eigenvalue weighted by Crippen LogP contribution is 2.32. The molecule has 0 fully saturated rings. The number of carbonyl (C=O) groups excluding carboxylic acids is 3. The zero-order chi connectivity index (χ0) is 28.9. The lowest BCUT2D eigenvalue weighted by atomic mass is 9.93. The van der Waals surface area contributed by atoms with Crippen molar-refractivity contribution in [2.75, 3.05) is 32.1 Å². The normalized spacial score (nSPS) is 15.6. The van der Waals surface area contributed by atoms with Gasteiger partial charge in [0, 0.05) is 31.4 Å². The average Bonchev–Trinajstić information content (AvgIpc) is 3.43. The molecule has 0 saturated carbocycles. The molecule has 2 aromatic carbocycles. The highest BCUT2D eigenvalue weighted by Gasteiger charge is 2.35. The molecule has 10 heteroatoms. The van der Waals surface area contributed by atoms with Crippen LogP contribution in [0.1, 0.15) is 71.5 Å². The van der Waals surface area contributed by atoms with Crippen molar-refractivity contribution >= 4 is 23.6 Å². The average molecular weight is 560 g/mol. The Morgan fingerprint density at radius 1 is 1.07 bits per heavy atom. The Morgan fingerprint density at radius 2 is 1.80 bits per heavy atom. The van der Waals surface area contributed by atoms with Gasteiger partial charge < -0.3 is 19.3 Å². The first kappa shape index (κ1) is 28.2. The number of methoxy groups -OCH3 is 1. The van der Waals surface area contributed by atoms with Crippen LogP contribution in [0.15, 0.2) is 48.5 Å². The van der Waals surface area contributed by atoms with Crippen LogP contribution in [-0.4, -0.2) is 70.3 Å². The Kier molecular flexibility index (Phi) is 8.56. The molecule has 1 aromatic heterocycles. The number of anilines is 1. The number of aromatic nitrogens is 2. The molecule has 3 heterocycles. The minimum atomic E-state index is -0.638. The zero-order valence-electron chi connectivity index (χ0n) is 23.9. The molecule has 5 rings (SSSR count). The second-order valence-corrected chi connectivity index (χ2v) is 10.5. The number of nitrogens with zero attached hydrogens (tertiary/aromatic N) is 4. The van der Waals surface area contributed by atoms with Crippen LogP contribution < -0.4 is 10.1 Å². The van der Waals surface area contributed by atoms with Gasteiger partial charge in [0.1, 0.15) is 6.61 Å². The predicted octanol–water partition coefficient (Wildman–Crippen LogP) is 5.05. The number of fused-ring (bicyclic) bond motifs is 5. The van der Waals surface area contributed by atoms with Crippen LogP contribution in [-0.2, 0) is 17.7 Å². The fraction of sp³-hybridized carbons (Fsp3) is 0.419. The predicted molar refractivity (Wildman–Crippen MR) is 155 cm³/mol. The first-order valence-corrected chi connectivity index (χ1v) is 14.3. The van der Waals surface area contributed by atoms with Crippen molar-refractivity contribution in [3.8, 4) is 11.6 Å². The lowest BCUT2D eigenvalue weighted by Gasteiger charge is -2.36. The molecule has 0 bridgehead atoms. The van der Waals surface area contributed by atoms with Crippen LogP contribution in [0, 0.1) is 0 Å². The summed E-state index contributed by atoms with van der Waals surface area (Å²) in [6.45, 7) is 6.21. The van der Waals surface area contributed by atoms with E-state index >= 15 is 0 Å². The second kappa shape index (κ2) is 12.4. The van der Waals surface area contributed by atoms with Crippen molar-refractivity contribution in [1.82, 2.24) is 19.6 Å². The molecule has 41 heavy (non-hydrogen) atoms. The number of unbranched alkanes of at least 4 members (excludes halogenated alkanes) is 2. The van der Waals surface area contributed by atoms with E-state index < -0.39 is 6.09 Å². The number of hydrogen-bond donors (Lipinski definition) is 1. The molecule has 0 radical (unpaired) electrons. The molecule has 0 unspecified atom stereocenters. The number of ether oxygens (including phenoxy) is 2. The Balaban J connectivity index is 1.58. The van der Waals surface area contributed by atoms with Gasteiger partial charge in [-0.3, -0.25) is 14.9 Å². The van der Waals surface area contributed by atoms with E-state index in [2.05, 4.69) is 30.3 Å². The van der Waals surface area contributed by atoms with E-state index in [-0.39, 0.29) is 30.2 Å². The lowest BCUT2D eigenvalue weighted by Crippen LogP contribution is -2.47. The summed E-state index contributed by atoms with van der Waals surface area (Å²) in [6.07, 6.45) is 3.78. The maximum Gasteiger partial charge on any atom is 0.411 e. The van der Waals surface area contributed by atoms with Crippen molar-refractivity contribution in [1.29, 1.82) is 0 Å². The molecule has 1 N–H and O–H groups in total. The van der Waals surface area contributed by atoms with Gasteiger partial charge in [-0.2, -0.15) is 9.78 Å². The number of carbonyl (C=O) groups is 3. The van der Waals surface area contributed by atoms with Crippen molar-refractivity contribution in [2.45, 2.75) is 58.5 Å². The fourth-order valence-electron chi connectivity index (χ4n) is 5.37. The van der Waals surface area contributed by atoms with Crippen molar-refractivity contribution in [2.24, 2.45) is 0 Å². The van der Waals surface area contributed by atoms with E-state index in [1.54, 1.807) is 24.3 Å². The molecule has 1 atom stereocenters. The molecule has 10 nitrogen and oxygen atoms in total. The molecular formula is C31H37N5O5. The largest absolute Gasteiger partial charge is 0.475 e. The van der Waals surface area contributed by atoms with Crippen LogP contribution in [0.2, 0.25) is 0 Å². The molecule has 0 spiro atoms. The summed E-state index contributed by atoms with van der Waals surface area (Å²) in [6, 6.07) is 14.5. The summed E-state index contributed by atoms with van der Waals surface area (Å²) in [4.78, 5) is 43.4. The summed E-state index contributed by atoms with van der Waals surface area (Å²) >= 11 is 0. The van der Waals surface area contributed by atoms with E-state index in [1.165, 1.54) is 17.4 Å². The maximum absolute atomic E-state index is 14.2. The van der Waals surface area contributed by atoms with Gasteiger partial charge in [-0.05, 0) is 48.6 Å². The molecule has 2 aliphatic heterocycles. The minimum Gasteiger partial charge on any atom is -0.475 e. The number of benzene rings is 2. The number of amides is 3. The zero-order valence-corrected chi connectivity index (χ0v) is 23.9. The van der Waals surface area contributed by atoms with Gasteiger partial charge in [0.05, 0.1) is 24.4 Å². The van der Waals surface area contributed by atoms with Gasteiger partial charge in [0.25, 0.3) is 11.8 Å². The highest BCUT2D eigenvalue weighted by atomic mass is 16.5. The summed E-state index contributed by atoms with van der Waals surface area (Å²) in [5.74, 6) is 0.0284. The van der Waals surface area contributed by atoms with Gasteiger partial charge >= 0.3 is 6.09 Å². The summed E-state index contributed by atoms with van der Waals surface area (Å²) in [5, 5.41) is 7.34. The lowest BCUT2D eigenvalue weighted by molar-refractivity contribution is 0.0569. The van der Waals surface area contributed by atoms with Crippen LogP contribution in [0.4, 0.5) is 10.5 Å². The monoisotopic (exact) mass is 559 g/mol. The summed E-state index contributed by atoms with van der Waals surface area (Å²) < 4.78 is 12.6. The first-order valence-electron chi connectivity index (χ1n) is 14.3. The molecule has 2 aliphatic rings. The molecule has 3 amide bonds. The Bertz CT molecular complexity index is 1430. The van der Waals surface area contributed by atoms with Crippen molar-refractivity contribution in [3.05, 3.63) is 70.9 Å². The number of rotatable bonds is 8. The minimum absolute atomic E-state index is 0.155. The van der Waals surface area contributed by atoms with Crippen molar-refractivity contribution < 1.29 is 23.9 Å². The molecular weight excluding hydrogens is 522 g/mol. The van der Waals surface area contributed by atoms with Gasteiger partial charge in [-0.15, -0.1) is 0 Å². The molecule has 3 aromatic rings. The Labute approximate surface area is 240 Å². The van der Waals surface area contributed by atoms with E-state index in [9.17, 15) is 14.4 Å². The first-order chi connectivity index (χ1) is 19.9. The van der Waals surface area contributed by atoms with Gasteiger partial charge in [0.2, 0.25) is 5.88 Å². The van der Waals surface area contributed by atoms with E-state index in [4.69, 9.17) is 9.47 Å². The topological polar surface area (TPSA) is 106 Å². The summed E-state index contributed by atoms with van der Waals surface area (Å²) in [7, 11) is 1.28. The van der Waals surface area contributed by atoms with Crippen LogP contribution in [0.3, 0.4) is 0 Å². The second-order valence-electron chi connectivity index (χ2n) is 10.5. The van der Waals surface area contributed by atoms with E-state index in [1.807, 2.05) is 28.0 Å². The van der Waals surface area contributed by atoms with Gasteiger partial charge in [-0.1, -0.05) is 51.0 Å². The third-order valence-electron chi connectivity index (χ3n) is 7.67.